The van der Waals surface area contributed by atoms with E-state index in [1.165, 1.54) is 18.2 Å². The quantitative estimate of drug-likeness (QED) is 0.327. The molecule has 2 heterocycles. The van der Waals surface area contributed by atoms with Gasteiger partial charge in [0.25, 0.3) is 5.91 Å². The molecule has 0 radical (unpaired) electrons. The number of carbonyl (C=O) groups is 5. The van der Waals surface area contributed by atoms with Crippen LogP contribution in [0.1, 0.15) is 43.5 Å². The van der Waals surface area contributed by atoms with Crippen LogP contribution in [0.15, 0.2) is 18.2 Å². The van der Waals surface area contributed by atoms with Crippen LogP contribution in [-0.2, 0) is 33.2 Å². The molecular weight excluding hydrogens is 478 g/mol. The zero-order valence-electron chi connectivity index (χ0n) is 17.8. The van der Waals surface area contributed by atoms with Gasteiger partial charge in [0.15, 0.2) is 5.60 Å². The van der Waals surface area contributed by atoms with Crippen LogP contribution in [0, 0.1) is 5.92 Å². The van der Waals surface area contributed by atoms with Gasteiger partial charge < -0.3 is 24.7 Å². The van der Waals surface area contributed by atoms with Gasteiger partial charge in [-0.2, -0.15) is 0 Å². The summed E-state index contributed by atoms with van der Waals surface area (Å²) >= 11 is 11.9. The van der Waals surface area contributed by atoms with E-state index in [9.17, 15) is 24.0 Å². The lowest BCUT2D eigenvalue weighted by molar-refractivity contribution is -0.176. The summed E-state index contributed by atoms with van der Waals surface area (Å²) in [5.74, 6) is -4.56. The fraction of sp³-hybridized carbons (Fsp3) is 0.450. The second kappa shape index (κ2) is 10.1. The second-order valence-electron chi connectivity index (χ2n) is 8.20. The highest BCUT2D eigenvalue weighted by Gasteiger charge is 2.60. The van der Waals surface area contributed by atoms with Gasteiger partial charge in [-0.15, -0.1) is 0 Å². The average Bonchev–Trinajstić information content (AvgIpc) is 3.01. The van der Waals surface area contributed by atoms with Crippen molar-refractivity contribution < 1.29 is 38.0 Å². The minimum absolute atomic E-state index is 0.0620. The minimum atomic E-state index is -1.77. The van der Waals surface area contributed by atoms with Crippen molar-refractivity contribution in [2.45, 2.75) is 44.7 Å². The number of esters is 2. The van der Waals surface area contributed by atoms with Crippen LogP contribution in [0.3, 0.4) is 0 Å². The number of nitrogens with one attached hydrogen (secondary N) is 2. The molecule has 1 aromatic carbocycles. The molecule has 0 unspecified atom stereocenters. The van der Waals surface area contributed by atoms with E-state index in [0.717, 1.165) is 0 Å². The number of carbonyl (C=O) groups excluding carboxylic acids is 5. The van der Waals surface area contributed by atoms with Gasteiger partial charge in [0, 0.05) is 5.02 Å². The zero-order valence-corrected chi connectivity index (χ0v) is 19.3. The van der Waals surface area contributed by atoms with E-state index < -0.39 is 67.8 Å². The Balaban J connectivity index is 1.64. The number of hydrogen-bond donors (Lipinski definition) is 2. The maximum atomic E-state index is 12.5. The molecule has 1 aromatic rings. The monoisotopic (exact) mass is 498 g/mol. The highest BCUT2D eigenvalue weighted by Crippen LogP contribution is 2.35. The first-order valence-corrected chi connectivity index (χ1v) is 10.9. The molecule has 10 nitrogen and oxygen atoms in total. The molecule has 0 bridgehead atoms. The van der Waals surface area contributed by atoms with Crippen LogP contribution in [0.4, 0.5) is 0 Å². The van der Waals surface area contributed by atoms with Crippen LogP contribution < -0.4 is 10.6 Å². The fourth-order valence-electron chi connectivity index (χ4n) is 3.56. The molecule has 2 N–H and O–H groups in total. The molecule has 2 saturated heterocycles. The van der Waals surface area contributed by atoms with Crippen LogP contribution in [0.25, 0.3) is 0 Å². The lowest BCUT2D eigenvalue weighted by atomic mass is 9.74. The van der Waals surface area contributed by atoms with E-state index >= 15 is 0 Å². The second-order valence-corrected chi connectivity index (χ2v) is 9.04. The first-order valence-electron chi connectivity index (χ1n) is 10.1. The Morgan fingerprint density at radius 1 is 1.15 bits per heavy atom. The smallest absolute Gasteiger partial charge is 0.506 e. The van der Waals surface area contributed by atoms with E-state index in [1.807, 2.05) is 13.8 Å². The SMILES string of the molecule is CC(C)C[C@H](NC(=O)CNC(=O)c1cc(Cl)ccc1Cl)B1OC(=O)C2(CC(=O)OC(=O)C2)O1. The number of amides is 2. The molecular formula is C20H21BCl2N2O8. The van der Waals surface area contributed by atoms with Crippen molar-refractivity contribution in [3.05, 3.63) is 33.8 Å². The van der Waals surface area contributed by atoms with Gasteiger partial charge in [0.05, 0.1) is 35.9 Å². The van der Waals surface area contributed by atoms with Crippen molar-refractivity contribution in [3.63, 3.8) is 0 Å². The third-order valence-electron chi connectivity index (χ3n) is 5.01. The minimum Gasteiger partial charge on any atom is -0.506 e. The molecule has 0 aliphatic carbocycles. The summed E-state index contributed by atoms with van der Waals surface area (Å²) in [7, 11) is -1.22. The number of rotatable bonds is 7. The van der Waals surface area contributed by atoms with Gasteiger partial charge in [0.2, 0.25) is 5.91 Å². The molecule has 1 spiro atoms. The lowest BCUT2D eigenvalue weighted by Gasteiger charge is -2.27. The molecule has 2 aliphatic rings. The van der Waals surface area contributed by atoms with Crippen LogP contribution >= 0.6 is 23.2 Å². The topological polar surface area (TPSA) is 137 Å². The van der Waals surface area contributed by atoms with Crippen molar-refractivity contribution in [1.82, 2.24) is 10.6 Å². The Hall–Kier alpha value is -2.63. The molecule has 1 atom stereocenters. The van der Waals surface area contributed by atoms with Crippen LogP contribution in [-0.4, -0.2) is 54.9 Å². The molecule has 0 aromatic heterocycles. The molecule has 3 rings (SSSR count). The Morgan fingerprint density at radius 3 is 2.45 bits per heavy atom. The number of cyclic esters (lactones) is 2. The third-order valence-corrected chi connectivity index (χ3v) is 5.57. The summed E-state index contributed by atoms with van der Waals surface area (Å²) < 4.78 is 15.4. The summed E-state index contributed by atoms with van der Waals surface area (Å²) in [6.45, 7) is 3.37. The van der Waals surface area contributed by atoms with Crippen molar-refractivity contribution in [2.24, 2.45) is 5.92 Å². The molecule has 176 valence electrons. The summed E-state index contributed by atoms with van der Waals surface area (Å²) in [5.41, 5.74) is -1.66. The molecule has 2 fully saturated rings. The number of halogens is 2. The maximum absolute atomic E-state index is 12.5. The molecule has 2 amide bonds. The Kier molecular flexibility index (Phi) is 7.66. The third kappa shape index (κ3) is 6.04. The highest BCUT2D eigenvalue weighted by atomic mass is 35.5. The van der Waals surface area contributed by atoms with Crippen molar-refractivity contribution in [1.29, 1.82) is 0 Å². The van der Waals surface area contributed by atoms with E-state index in [4.69, 9.17) is 32.5 Å². The van der Waals surface area contributed by atoms with Crippen molar-refractivity contribution in [3.8, 4) is 0 Å². The number of hydrogen-bond acceptors (Lipinski definition) is 8. The largest absolute Gasteiger partial charge is 0.552 e. The van der Waals surface area contributed by atoms with Crippen LogP contribution in [0.2, 0.25) is 10.0 Å². The van der Waals surface area contributed by atoms with Gasteiger partial charge >= 0.3 is 25.0 Å². The maximum Gasteiger partial charge on any atom is 0.552 e. The normalized spacial score (nSPS) is 18.2. The van der Waals surface area contributed by atoms with Gasteiger partial charge in [-0.3, -0.25) is 24.0 Å². The summed E-state index contributed by atoms with van der Waals surface area (Å²) in [4.78, 5) is 60.7. The molecule has 13 heteroatoms. The molecule has 2 aliphatic heterocycles. The van der Waals surface area contributed by atoms with E-state index in [-0.39, 0.29) is 16.5 Å². The lowest BCUT2D eigenvalue weighted by Crippen LogP contribution is -2.52. The van der Waals surface area contributed by atoms with Crippen molar-refractivity contribution >= 4 is 60.0 Å². The first kappa shape index (κ1) is 25.0. The van der Waals surface area contributed by atoms with Gasteiger partial charge in [0.1, 0.15) is 0 Å². The number of benzene rings is 1. The predicted octanol–water partition coefficient (Wildman–Crippen LogP) is 1.46. The van der Waals surface area contributed by atoms with Gasteiger partial charge in [-0.25, -0.2) is 0 Å². The molecule has 0 saturated carbocycles. The average molecular weight is 499 g/mol. The predicted molar refractivity (Wildman–Crippen MR) is 116 cm³/mol. The van der Waals surface area contributed by atoms with E-state index in [0.29, 0.717) is 11.4 Å². The van der Waals surface area contributed by atoms with E-state index in [2.05, 4.69) is 15.4 Å². The fourth-order valence-corrected chi connectivity index (χ4v) is 3.93. The van der Waals surface area contributed by atoms with Gasteiger partial charge in [-0.1, -0.05) is 37.0 Å². The van der Waals surface area contributed by atoms with E-state index in [1.54, 1.807) is 0 Å². The standard InChI is InChI=1S/C20H21BCl2N2O8/c1-10(2)5-14(21-32-19(30)20(33-21)7-16(27)31-17(28)8-20)25-15(26)9-24-18(29)12-6-11(22)3-4-13(12)23/h3-4,6,10,14H,5,7-9H2,1-2H3,(H,24,29)(H,25,26)/t14-/m0/s1. The zero-order chi connectivity index (χ0) is 24.3. The summed E-state index contributed by atoms with van der Waals surface area (Å²) in [6, 6.07) is 4.37. The summed E-state index contributed by atoms with van der Waals surface area (Å²) in [5, 5.41) is 5.60. The summed E-state index contributed by atoms with van der Waals surface area (Å²) in [6.07, 6.45) is -0.577. The molecule has 33 heavy (non-hydrogen) atoms. The highest BCUT2D eigenvalue weighted by molar-refractivity contribution is 6.52. The van der Waals surface area contributed by atoms with Gasteiger partial charge in [-0.05, 0) is 30.5 Å². The Morgan fingerprint density at radius 2 is 1.82 bits per heavy atom. The Bertz CT molecular complexity index is 986. The van der Waals surface area contributed by atoms with Crippen LogP contribution in [0.5, 0.6) is 0 Å². The number of ether oxygens (including phenoxy) is 1. The first-order chi connectivity index (χ1) is 15.5. The Labute approximate surface area is 199 Å². The van der Waals surface area contributed by atoms with Crippen molar-refractivity contribution in [2.75, 3.05) is 6.54 Å².